The van der Waals surface area contributed by atoms with Gasteiger partial charge in [-0.15, -0.1) is 0 Å². The molecule has 2 atom stereocenters. The molecule has 3 aromatic heterocycles. The van der Waals surface area contributed by atoms with Gasteiger partial charge in [0.05, 0.1) is 36.3 Å². The summed E-state index contributed by atoms with van der Waals surface area (Å²) in [5.41, 5.74) is -0.657. The van der Waals surface area contributed by atoms with Gasteiger partial charge in [0.2, 0.25) is 0 Å². The Morgan fingerprint density at radius 2 is 1.80 bits per heavy atom. The zero-order valence-electron chi connectivity index (χ0n) is 28.6. The average molecular weight is 690 g/mol. The molecule has 50 heavy (non-hydrogen) atoms. The molecule has 0 saturated carbocycles. The summed E-state index contributed by atoms with van der Waals surface area (Å²) >= 11 is 0. The third-order valence-electron chi connectivity index (χ3n) is 8.72. The van der Waals surface area contributed by atoms with Crippen LogP contribution in [0.3, 0.4) is 0 Å². The molecule has 1 aromatic carbocycles. The molecule has 4 aromatic rings. The summed E-state index contributed by atoms with van der Waals surface area (Å²) in [7, 11) is 1.46. The van der Waals surface area contributed by atoms with Crippen molar-refractivity contribution in [2.45, 2.75) is 57.7 Å². The number of nitrogens with one attached hydrogen (secondary N) is 1. The van der Waals surface area contributed by atoms with E-state index in [1.165, 1.54) is 42.4 Å². The minimum absolute atomic E-state index is 0.101. The molecular weight excluding hydrogens is 651 g/mol. The third-order valence-corrected chi connectivity index (χ3v) is 8.72. The summed E-state index contributed by atoms with van der Waals surface area (Å²) in [6, 6.07) is 9.52. The van der Waals surface area contributed by atoms with Gasteiger partial charge in [0, 0.05) is 26.0 Å². The molecule has 14 heteroatoms. The van der Waals surface area contributed by atoms with Crippen LogP contribution in [0.15, 0.2) is 69.4 Å². The third kappa shape index (κ3) is 6.97. The van der Waals surface area contributed by atoms with Crippen molar-refractivity contribution < 1.29 is 22.7 Å². The highest BCUT2D eigenvalue weighted by Crippen LogP contribution is 2.35. The molecule has 0 aliphatic carbocycles. The maximum Gasteiger partial charge on any atom is 0.290 e. The molecule has 0 radical (unpaired) electrons. The minimum Gasteiger partial charge on any atom is -0.485 e. The molecule has 2 aliphatic heterocycles. The molecule has 0 spiro atoms. The first kappa shape index (κ1) is 34.7. The molecule has 1 fully saturated rings. The number of fused-ring (bicyclic) bond motifs is 1. The Balaban J connectivity index is 1.24. The lowest BCUT2D eigenvalue weighted by Crippen LogP contribution is -2.60. The number of hydrogen-bond donors (Lipinski definition) is 1. The second kappa shape index (κ2) is 12.7. The van der Waals surface area contributed by atoms with E-state index in [9.17, 15) is 23.2 Å². The number of ether oxygens (including phenoxy) is 1. The molecule has 2 aliphatic rings. The van der Waals surface area contributed by atoms with Crippen LogP contribution in [-0.4, -0.2) is 67.9 Å². The highest BCUT2D eigenvalue weighted by molar-refractivity contribution is 5.92. The Morgan fingerprint density at radius 1 is 1.06 bits per heavy atom. The maximum absolute atomic E-state index is 15.4. The van der Waals surface area contributed by atoms with Crippen LogP contribution in [0.25, 0.3) is 16.3 Å². The summed E-state index contributed by atoms with van der Waals surface area (Å²) in [6.07, 6.45) is 5.62. The molecule has 262 valence electrons. The van der Waals surface area contributed by atoms with Crippen molar-refractivity contribution in [3.63, 3.8) is 0 Å². The maximum atomic E-state index is 15.4. The van der Waals surface area contributed by atoms with E-state index in [1.807, 2.05) is 20.8 Å². The van der Waals surface area contributed by atoms with E-state index in [0.29, 0.717) is 35.4 Å². The van der Waals surface area contributed by atoms with Crippen LogP contribution < -0.4 is 21.2 Å². The first-order valence-corrected chi connectivity index (χ1v) is 16.1. The van der Waals surface area contributed by atoms with Crippen molar-refractivity contribution in [2.24, 2.45) is 18.0 Å². The van der Waals surface area contributed by atoms with Gasteiger partial charge in [-0.05, 0) is 72.2 Å². The number of allylic oxidation sites excluding steroid dienone is 1. The van der Waals surface area contributed by atoms with Gasteiger partial charge < -0.3 is 14.8 Å². The van der Waals surface area contributed by atoms with E-state index in [0.717, 1.165) is 10.2 Å². The first-order chi connectivity index (χ1) is 23.4. The molecule has 0 bridgehead atoms. The Kier molecular flexibility index (Phi) is 8.79. The van der Waals surface area contributed by atoms with Gasteiger partial charge in [-0.25, -0.2) is 22.8 Å². The number of aliphatic imine (C=N–C) groups is 1. The second-order valence-electron chi connectivity index (χ2n) is 14.4. The number of carbonyl (C=O) groups is 1. The highest BCUT2D eigenvalue weighted by Gasteiger charge is 2.45. The molecular formula is C36H38F3N7O4. The number of hydrogen-bond acceptors (Lipinski definition) is 9. The van der Waals surface area contributed by atoms with Gasteiger partial charge in [0.15, 0.2) is 0 Å². The van der Waals surface area contributed by atoms with E-state index in [4.69, 9.17) is 4.74 Å². The van der Waals surface area contributed by atoms with Gasteiger partial charge >= 0.3 is 0 Å². The lowest BCUT2D eigenvalue weighted by atomic mass is 9.86. The number of alkyl halides is 2. The largest absolute Gasteiger partial charge is 0.485 e. The predicted molar refractivity (Wildman–Crippen MR) is 185 cm³/mol. The fourth-order valence-electron chi connectivity index (χ4n) is 6.31. The zero-order chi connectivity index (χ0) is 36.2. The quantitative estimate of drug-likeness (QED) is 0.236. The van der Waals surface area contributed by atoms with Crippen LogP contribution in [0, 0.1) is 11.7 Å². The van der Waals surface area contributed by atoms with E-state index < -0.39 is 40.5 Å². The number of benzene rings is 1. The summed E-state index contributed by atoms with van der Waals surface area (Å²) in [6.45, 7) is 9.18. The van der Waals surface area contributed by atoms with Crippen molar-refractivity contribution in [1.29, 1.82) is 0 Å². The molecule has 1 N–H and O–H groups in total. The Labute approximate surface area is 286 Å². The molecule has 2 unspecified atom stereocenters. The lowest BCUT2D eigenvalue weighted by molar-refractivity contribution is -0.144. The van der Waals surface area contributed by atoms with E-state index >= 15 is 4.39 Å². The highest BCUT2D eigenvalue weighted by atomic mass is 19.3. The SMILES string of the molecule is Cn1nc(C2=CC=NC(n3ccc4cc(C(C)(C)C)cc(F)c4c3=O)C2C=O)cc(Nc2ccc(OC(C)(C)CN3CC(F)(F)C3)cn2)c1=O. The summed E-state index contributed by atoms with van der Waals surface area (Å²) in [5.74, 6) is -3.59. The zero-order valence-corrected chi connectivity index (χ0v) is 28.6. The van der Waals surface area contributed by atoms with Crippen LogP contribution in [0.2, 0.25) is 0 Å². The number of likely N-dealkylation sites (tertiary alicyclic amines) is 1. The van der Waals surface area contributed by atoms with Crippen LogP contribution in [0.4, 0.5) is 24.7 Å². The van der Waals surface area contributed by atoms with Gasteiger partial charge in [0.25, 0.3) is 17.0 Å². The van der Waals surface area contributed by atoms with Crippen molar-refractivity contribution in [3.8, 4) is 5.75 Å². The first-order valence-electron chi connectivity index (χ1n) is 16.1. The predicted octanol–water partition coefficient (Wildman–Crippen LogP) is 5.26. The number of aromatic nitrogens is 4. The van der Waals surface area contributed by atoms with Crippen LogP contribution >= 0.6 is 0 Å². The Morgan fingerprint density at radius 3 is 2.44 bits per heavy atom. The number of carbonyl (C=O) groups excluding carboxylic acids is 1. The Hall–Kier alpha value is -5.11. The van der Waals surface area contributed by atoms with E-state index in [-0.39, 0.29) is 35.3 Å². The van der Waals surface area contributed by atoms with Crippen LogP contribution in [0.5, 0.6) is 5.75 Å². The fourth-order valence-corrected chi connectivity index (χ4v) is 6.31. The van der Waals surface area contributed by atoms with Gasteiger partial charge in [0.1, 0.15) is 41.1 Å². The molecule has 5 heterocycles. The van der Waals surface area contributed by atoms with E-state index in [1.54, 1.807) is 49.1 Å². The molecule has 0 amide bonds. The standard InChI is InChI=1S/C36H38F3N7O4/c1-34(2,3)22-13-21-10-12-46(33(49)30(21)26(37)14-22)31-25(17-47)24(9-11-40-31)27-15-28(32(48)44(6)43-27)42-29-8-7-23(16-41-29)50-35(4,5)18-45-19-36(38,39)20-45/h7-17,25,31H,18-20H2,1-6H3,(H,41,42). The summed E-state index contributed by atoms with van der Waals surface area (Å²) < 4.78 is 50.2. The summed E-state index contributed by atoms with van der Waals surface area (Å²) in [5, 5.41) is 7.71. The smallest absolute Gasteiger partial charge is 0.290 e. The normalized spacial score (nSPS) is 19.2. The van der Waals surface area contributed by atoms with Crippen LogP contribution in [-0.2, 0) is 17.3 Å². The van der Waals surface area contributed by atoms with Crippen molar-refractivity contribution >= 4 is 40.4 Å². The average Bonchev–Trinajstić information content (AvgIpc) is 3.02. The number of rotatable bonds is 9. The fraction of sp³-hybridized carbons (Fsp3) is 0.389. The number of nitrogens with zero attached hydrogens (tertiary/aromatic N) is 6. The Bertz CT molecular complexity index is 2140. The number of halogens is 3. The van der Waals surface area contributed by atoms with Crippen molar-refractivity contribution in [1.82, 2.24) is 24.2 Å². The van der Waals surface area contributed by atoms with Crippen molar-refractivity contribution in [2.75, 3.05) is 25.0 Å². The number of anilines is 2. The lowest BCUT2D eigenvalue weighted by Gasteiger charge is -2.42. The summed E-state index contributed by atoms with van der Waals surface area (Å²) in [4.78, 5) is 49.8. The van der Waals surface area contributed by atoms with Gasteiger partial charge in [-0.3, -0.25) is 24.0 Å². The topological polar surface area (TPSA) is 124 Å². The van der Waals surface area contributed by atoms with Crippen molar-refractivity contribution in [3.05, 3.63) is 92.7 Å². The monoisotopic (exact) mass is 689 g/mol. The van der Waals surface area contributed by atoms with Gasteiger partial charge in [-0.1, -0.05) is 26.8 Å². The molecule has 6 rings (SSSR count). The number of aldehydes is 1. The van der Waals surface area contributed by atoms with E-state index in [2.05, 4.69) is 20.4 Å². The number of dihydropyridines is 1. The van der Waals surface area contributed by atoms with Gasteiger partial charge in [-0.2, -0.15) is 5.10 Å². The van der Waals surface area contributed by atoms with Crippen LogP contribution in [0.1, 0.15) is 52.0 Å². The number of pyridine rings is 2. The molecule has 11 nitrogen and oxygen atoms in total. The second-order valence-corrected chi connectivity index (χ2v) is 14.4. The molecule has 1 saturated heterocycles. The minimum atomic E-state index is -2.67. The number of aryl methyl sites for hydroxylation is 1.